The van der Waals surface area contributed by atoms with Crippen molar-refractivity contribution in [2.24, 2.45) is 5.92 Å². The van der Waals surface area contributed by atoms with Gasteiger partial charge in [-0.1, -0.05) is 26.3 Å². The second-order valence-electron chi connectivity index (χ2n) is 6.28. The number of hydrogen-bond donors (Lipinski definition) is 2. The maximum Gasteiger partial charge on any atom is 0.335 e. The first kappa shape index (κ1) is 16.5. The molecule has 0 spiro atoms. The van der Waals surface area contributed by atoms with E-state index in [-0.39, 0.29) is 11.9 Å². The molecular weight excluding hydrogens is 278 g/mol. The molecule has 2 N–H and O–H groups in total. The van der Waals surface area contributed by atoms with Crippen molar-refractivity contribution in [1.82, 2.24) is 5.32 Å². The summed E-state index contributed by atoms with van der Waals surface area (Å²) in [5, 5.41) is 12.2. The number of aryl methyl sites for hydroxylation is 1. The van der Waals surface area contributed by atoms with Crippen LogP contribution in [0.25, 0.3) is 0 Å². The van der Waals surface area contributed by atoms with Crippen molar-refractivity contribution < 1.29 is 14.7 Å². The van der Waals surface area contributed by atoms with Gasteiger partial charge in [-0.25, -0.2) is 4.79 Å². The minimum absolute atomic E-state index is 0.0241. The average molecular weight is 303 g/mol. The normalized spacial score (nSPS) is 18.4. The van der Waals surface area contributed by atoms with Crippen molar-refractivity contribution >= 4 is 11.9 Å². The summed E-state index contributed by atoms with van der Waals surface area (Å²) < 4.78 is 0. The van der Waals surface area contributed by atoms with Crippen LogP contribution in [0.1, 0.15) is 73.5 Å². The lowest BCUT2D eigenvalue weighted by molar-refractivity contribution is -0.122. The maximum absolute atomic E-state index is 12.1. The Labute approximate surface area is 131 Å². The van der Waals surface area contributed by atoms with Crippen molar-refractivity contribution in [2.75, 3.05) is 0 Å². The Balaban J connectivity index is 2.03. The van der Waals surface area contributed by atoms with Gasteiger partial charge in [-0.3, -0.25) is 4.79 Å². The van der Waals surface area contributed by atoms with E-state index in [0.717, 1.165) is 43.2 Å². The highest BCUT2D eigenvalue weighted by molar-refractivity contribution is 5.88. The molecule has 0 saturated heterocycles. The number of carbonyl (C=O) groups excluding carboxylic acids is 1. The molecule has 0 aromatic heterocycles. The first-order chi connectivity index (χ1) is 10.5. The third-order valence-corrected chi connectivity index (χ3v) is 4.60. The lowest BCUT2D eigenvalue weighted by atomic mass is 9.86. The van der Waals surface area contributed by atoms with Crippen LogP contribution in [0.4, 0.5) is 0 Å². The molecule has 1 aromatic carbocycles. The number of benzene rings is 1. The number of nitrogens with one attached hydrogen (secondary N) is 1. The van der Waals surface area contributed by atoms with Gasteiger partial charge in [0.1, 0.15) is 0 Å². The molecule has 1 aliphatic carbocycles. The molecule has 0 heterocycles. The largest absolute Gasteiger partial charge is 0.478 e. The summed E-state index contributed by atoms with van der Waals surface area (Å²) in [5.74, 6) is -0.231. The zero-order valence-electron chi connectivity index (χ0n) is 13.4. The van der Waals surface area contributed by atoms with Crippen molar-refractivity contribution in [1.29, 1.82) is 0 Å². The van der Waals surface area contributed by atoms with E-state index < -0.39 is 5.97 Å². The van der Waals surface area contributed by atoms with Crippen LogP contribution in [-0.2, 0) is 11.2 Å². The third-order valence-electron chi connectivity index (χ3n) is 4.60. The first-order valence-electron chi connectivity index (χ1n) is 8.16. The molecule has 1 amide bonds. The number of aromatic carboxylic acids is 1. The summed E-state index contributed by atoms with van der Waals surface area (Å²) in [7, 11) is 0. The Kier molecular flexibility index (Phi) is 5.58. The molecule has 0 bridgehead atoms. The highest BCUT2D eigenvalue weighted by Crippen LogP contribution is 2.30. The Bertz CT molecular complexity index is 553. The van der Waals surface area contributed by atoms with E-state index in [1.54, 1.807) is 12.1 Å². The zero-order chi connectivity index (χ0) is 16.1. The number of rotatable bonds is 6. The molecule has 2 unspecified atom stereocenters. The summed E-state index contributed by atoms with van der Waals surface area (Å²) in [4.78, 5) is 23.2. The van der Waals surface area contributed by atoms with Crippen LogP contribution in [0.2, 0.25) is 0 Å². The number of carboxylic acids is 1. The summed E-state index contributed by atoms with van der Waals surface area (Å²) in [6.45, 7) is 4.30. The molecule has 2 atom stereocenters. The van der Waals surface area contributed by atoms with E-state index >= 15 is 0 Å². The first-order valence-corrected chi connectivity index (χ1v) is 8.16. The Hall–Kier alpha value is -1.84. The molecular formula is C18H25NO3. The van der Waals surface area contributed by atoms with E-state index in [2.05, 4.69) is 19.2 Å². The molecule has 22 heavy (non-hydrogen) atoms. The van der Waals surface area contributed by atoms with Gasteiger partial charge in [0.05, 0.1) is 11.6 Å². The van der Waals surface area contributed by atoms with E-state index in [4.69, 9.17) is 5.11 Å². The van der Waals surface area contributed by atoms with E-state index in [1.807, 2.05) is 6.07 Å². The van der Waals surface area contributed by atoms with Crippen LogP contribution in [0.3, 0.4) is 0 Å². The van der Waals surface area contributed by atoms with Crippen LogP contribution in [0.5, 0.6) is 0 Å². The monoisotopic (exact) mass is 303 g/mol. The van der Waals surface area contributed by atoms with Crippen LogP contribution in [0.15, 0.2) is 18.2 Å². The lowest BCUT2D eigenvalue weighted by Crippen LogP contribution is -2.31. The molecule has 2 rings (SSSR count). The fourth-order valence-corrected chi connectivity index (χ4v) is 2.95. The Morgan fingerprint density at radius 1 is 1.41 bits per heavy atom. The quantitative estimate of drug-likeness (QED) is 0.842. The van der Waals surface area contributed by atoms with Gasteiger partial charge in [-0.05, 0) is 54.9 Å². The summed E-state index contributed by atoms with van der Waals surface area (Å²) in [5.41, 5.74) is 2.45. The van der Waals surface area contributed by atoms with Gasteiger partial charge in [-0.2, -0.15) is 0 Å². The minimum Gasteiger partial charge on any atom is -0.478 e. The number of fused-ring (bicyclic) bond motifs is 1. The van der Waals surface area contributed by atoms with Crippen LogP contribution in [0, 0.1) is 5.92 Å². The van der Waals surface area contributed by atoms with E-state index in [1.165, 1.54) is 0 Å². The second-order valence-corrected chi connectivity index (χ2v) is 6.28. The minimum atomic E-state index is -0.900. The Morgan fingerprint density at radius 3 is 2.86 bits per heavy atom. The number of hydrogen-bond acceptors (Lipinski definition) is 2. The number of amides is 1. The topological polar surface area (TPSA) is 66.4 Å². The summed E-state index contributed by atoms with van der Waals surface area (Å²) >= 11 is 0. The van der Waals surface area contributed by atoms with Crippen molar-refractivity contribution in [3.8, 4) is 0 Å². The van der Waals surface area contributed by atoms with Crippen molar-refractivity contribution in [3.05, 3.63) is 34.9 Å². The fraction of sp³-hybridized carbons (Fsp3) is 0.556. The molecule has 4 nitrogen and oxygen atoms in total. The SMILES string of the molecule is CCC(C)CCC(=O)NC1CCCc2cc(C(=O)O)ccc21. The predicted octanol–water partition coefficient (Wildman–Crippen LogP) is 3.70. The van der Waals surface area contributed by atoms with Gasteiger partial charge >= 0.3 is 5.97 Å². The predicted molar refractivity (Wildman–Crippen MR) is 85.9 cm³/mol. The van der Waals surface area contributed by atoms with Crippen LogP contribution >= 0.6 is 0 Å². The molecule has 1 aliphatic rings. The molecule has 0 fully saturated rings. The smallest absolute Gasteiger partial charge is 0.335 e. The van der Waals surface area contributed by atoms with Gasteiger partial charge in [0.15, 0.2) is 0 Å². The highest BCUT2D eigenvalue weighted by atomic mass is 16.4. The van der Waals surface area contributed by atoms with Crippen LogP contribution in [-0.4, -0.2) is 17.0 Å². The summed E-state index contributed by atoms with van der Waals surface area (Å²) in [6, 6.07) is 5.26. The lowest BCUT2D eigenvalue weighted by Gasteiger charge is -2.27. The van der Waals surface area contributed by atoms with Crippen LogP contribution < -0.4 is 5.32 Å². The number of carboxylic acid groups (broad SMARTS) is 1. The molecule has 1 aromatic rings. The number of carbonyl (C=O) groups is 2. The molecule has 4 heteroatoms. The maximum atomic E-state index is 12.1. The van der Waals surface area contributed by atoms with Gasteiger partial charge in [-0.15, -0.1) is 0 Å². The van der Waals surface area contributed by atoms with E-state index in [0.29, 0.717) is 17.9 Å². The fourth-order valence-electron chi connectivity index (χ4n) is 2.95. The van der Waals surface area contributed by atoms with Gasteiger partial charge in [0, 0.05) is 6.42 Å². The second kappa shape index (κ2) is 7.43. The van der Waals surface area contributed by atoms with Gasteiger partial charge < -0.3 is 10.4 Å². The standard InChI is InChI=1S/C18H25NO3/c1-3-12(2)7-10-17(20)19-16-6-4-5-13-11-14(18(21)22)8-9-15(13)16/h8-9,11-12,16H,3-7,10H2,1-2H3,(H,19,20)(H,21,22). The third kappa shape index (κ3) is 4.09. The van der Waals surface area contributed by atoms with Gasteiger partial charge in [0.25, 0.3) is 0 Å². The summed E-state index contributed by atoms with van der Waals surface area (Å²) in [6.07, 6.45) is 5.36. The average Bonchev–Trinajstić information content (AvgIpc) is 2.52. The van der Waals surface area contributed by atoms with Crippen molar-refractivity contribution in [2.45, 2.75) is 58.4 Å². The van der Waals surface area contributed by atoms with Gasteiger partial charge in [0.2, 0.25) is 5.91 Å². The molecule has 0 aliphatic heterocycles. The molecule has 0 saturated carbocycles. The molecule has 0 radical (unpaired) electrons. The highest BCUT2D eigenvalue weighted by Gasteiger charge is 2.22. The van der Waals surface area contributed by atoms with E-state index in [9.17, 15) is 9.59 Å². The zero-order valence-corrected chi connectivity index (χ0v) is 13.4. The van der Waals surface area contributed by atoms with Crippen molar-refractivity contribution in [3.63, 3.8) is 0 Å². The Morgan fingerprint density at radius 2 is 2.18 bits per heavy atom. The molecule has 120 valence electrons.